The lowest BCUT2D eigenvalue weighted by molar-refractivity contribution is 0.102. The number of aromatic nitrogens is 1. The normalized spacial score (nSPS) is 10.6. The zero-order valence-electron chi connectivity index (χ0n) is 14.2. The quantitative estimate of drug-likeness (QED) is 0.482. The van der Waals surface area contributed by atoms with Crippen LogP contribution in [0.25, 0.3) is 22.8 Å². The fourth-order valence-electron chi connectivity index (χ4n) is 2.77. The number of rotatable bonds is 4. The Labute approximate surface area is 161 Å². The maximum absolute atomic E-state index is 12.8. The van der Waals surface area contributed by atoms with E-state index in [2.05, 4.69) is 10.3 Å². The summed E-state index contributed by atoms with van der Waals surface area (Å²) >= 11 is 5.99. The molecule has 0 saturated carbocycles. The number of carbonyl (C=O) groups is 1. The Morgan fingerprint density at radius 3 is 2.52 bits per heavy atom. The average molecular weight is 375 g/mol. The van der Waals surface area contributed by atoms with Gasteiger partial charge in [0, 0.05) is 21.8 Å². The van der Waals surface area contributed by atoms with Gasteiger partial charge in [-0.3, -0.25) is 4.79 Å². The van der Waals surface area contributed by atoms with E-state index in [0.717, 1.165) is 5.56 Å². The van der Waals surface area contributed by atoms with Gasteiger partial charge in [-0.2, -0.15) is 0 Å². The van der Waals surface area contributed by atoms with Crippen LogP contribution >= 0.6 is 11.6 Å². The number of amides is 1. The first-order valence-corrected chi connectivity index (χ1v) is 8.76. The first-order valence-electron chi connectivity index (χ1n) is 8.38. The molecule has 0 fully saturated rings. The summed E-state index contributed by atoms with van der Waals surface area (Å²) in [6.07, 6.45) is 1.66. The molecule has 4 aromatic rings. The number of hydrogen-bond donors (Lipinski definition) is 1. The van der Waals surface area contributed by atoms with Crippen LogP contribution in [0.2, 0.25) is 5.02 Å². The number of carbonyl (C=O) groups excluding carboxylic acids is 1. The molecule has 5 heteroatoms. The molecule has 1 heterocycles. The Kier molecular flexibility index (Phi) is 4.73. The van der Waals surface area contributed by atoms with Gasteiger partial charge >= 0.3 is 0 Å². The first kappa shape index (κ1) is 17.1. The zero-order chi connectivity index (χ0) is 18.6. The van der Waals surface area contributed by atoms with Crippen LogP contribution in [0.4, 0.5) is 5.69 Å². The van der Waals surface area contributed by atoms with Gasteiger partial charge in [-0.15, -0.1) is 0 Å². The van der Waals surface area contributed by atoms with Gasteiger partial charge in [-0.05, 0) is 30.3 Å². The predicted molar refractivity (Wildman–Crippen MR) is 107 cm³/mol. The second-order valence-corrected chi connectivity index (χ2v) is 6.34. The molecule has 0 saturated heterocycles. The topological polar surface area (TPSA) is 55.1 Å². The highest BCUT2D eigenvalue weighted by molar-refractivity contribution is 6.31. The molecular weight excluding hydrogens is 360 g/mol. The summed E-state index contributed by atoms with van der Waals surface area (Å²) in [5, 5.41) is 3.41. The Balaban J connectivity index is 1.65. The third-order valence-corrected chi connectivity index (χ3v) is 4.28. The molecule has 1 N–H and O–H groups in total. The van der Waals surface area contributed by atoms with Crippen LogP contribution in [-0.4, -0.2) is 10.9 Å². The lowest BCUT2D eigenvalue weighted by atomic mass is 10.1. The van der Waals surface area contributed by atoms with Crippen molar-refractivity contribution in [2.75, 3.05) is 5.32 Å². The SMILES string of the molecule is O=C(Nc1cccc(Cl)c1)c1ccccc1-c1ncc(-c2ccccc2)o1. The van der Waals surface area contributed by atoms with Crippen molar-refractivity contribution in [1.82, 2.24) is 4.98 Å². The summed E-state index contributed by atoms with van der Waals surface area (Å²) in [4.78, 5) is 17.1. The number of oxazole rings is 1. The van der Waals surface area contributed by atoms with Gasteiger partial charge in [-0.25, -0.2) is 4.98 Å². The zero-order valence-corrected chi connectivity index (χ0v) is 15.0. The molecular formula is C22H15ClN2O2. The standard InChI is InChI=1S/C22H15ClN2O2/c23-16-9-6-10-17(13-16)25-21(26)18-11-4-5-12-19(18)22-24-14-20(27-22)15-7-2-1-3-8-15/h1-14H,(H,25,26). The van der Waals surface area contributed by atoms with Crippen LogP contribution in [0, 0.1) is 0 Å². The molecule has 1 amide bonds. The van der Waals surface area contributed by atoms with Gasteiger partial charge in [0.25, 0.3) is 5.91 Å². The second-order valence-electron chi connectivity index (χ2n) is 5.91. The molecule has 4 rings (SSSR count). The van der Waals surface area contributed by atoms with Crippen molar-refractivity contribution in [1.29, 1.82) is 0 Å². The van der Waals surface area contributed by atoms with Crippen molar-refractivity contribution in [3.63, 3.8) is 0 Å². The molecule has 1 aromatic heterocycles. The summed E-state index contributed by atoms with van der Waals surface area (Å²) < 4.78 is 5.90. The van der Waals surface area contributed by atoms with Gasteiger partial charge in [0.2, 0.25) is 5.89 Å². The second kappa shape index (κ2) is 7.48. The van der Waals surface area contributed by atoms with Gasteiger partial charge in [-0.1, -0.05) is 60.1 Å². The van der Waals surface area contributed by atoms with Crippen LogP contribution in [0.1, 0.15) is 10.4 Å². The highest BCUT2D eigenvalue weighted by Crippen LogP contribution is 2.28. The van der Waals surface area contributed by atoms with Gasteiger partial charge in [0.15, 0.2) is 5.76 Å². The third-order valence-electron chi connectivity index (χ3n) is 4.05. The summed E-state index contributed by atoms with van der Waals surface area (Å²) in [6, 6.07) is 23.9. The number of anilines is 1. The Hall–Kier alpha value is -3.37. The van der Waals surface area contributed by atoms with E-state index in [1.54, 1.807) is 42.6 Å². The lowest BCUT2D eigenvalue weighted by Gasteiger charge is -2.08. The van der Waals surface area contributed by atoms with E-state index in [9.17, 15) is 4.79 Å². The van der Waals surface area contributed by atoms with Gasteiger partial charge in [0.05, 0.1) is 11.8 Å². The number of halogens is 1. The summed E-state index contributed by atoms with van der Waals surface area (Å²) in [6.45, 7) is 0. The molecule has 3 aromatic carbocycles. The van der Waals surface area contributed by atoms with E-state index in [0.29, 0.717) is 33.5 Å². The van der Waals surface area contributed by atoms with Crippen LogP contribution in [-0.2, 0) is 0 Å². The third kappa shape index (κ3) is 3.76. The molecule has 0 atom stereocenters. The van der Waals surface area contributed by atoms with E-state index in [-0.39, 0.29) is 5.91 Å². The largest absolute Gasteiger partial charge is 0.436 e. The Morgan fingerprint density at radius 1 is 0.926 bits per heavy atom. The minimum atomic E-state index is -0.257. The molecule has 0 aliphatic carbocycles. The minimum absolute atomic E-state index is 0.257. The predicted octanol–water partition coefficient (Wildman–Crippen LogP) is 5.91. The number of nitrogens with zero attached hydrogens (tertiary/aromatic N) is 1. The smallest absolute Gasteiger partial charge is 0.256 e. The highest BCUT2D eigenvalue weighted by atomic mass is 35.5. The van der Waals surface area contributed by atoms with E-state index >= 15 is 0 Å². The molecule has 0 aliphatic rings. The van der Waals surface area contributed by atoms with Crippen molar-refractivity contribution in [2.24, 2.45) is 0 Å². The molecule has 0 aliphatic heterocycles. The average Bonchev–Trinajstić information content (AvgIpc) is 3.19. The molecule has 0 spiro atoms. The van der Waals surface area contributed by atoms with Gasteiger partial charge < -0.3 is 9.73 Å². The molecule has 27 heavy (non-hydrogen) atoms. The van der Waals surface area contributed by atoms with E-state index in [1.165, 1.54) is 0 Å². The van der Waals surface area contributed by atoms with Gasteiger partial charge in [0.1, 0.15) is 0 Å². The van der Waals surface area contributed by atoms with Crippen molar-refractivity contribution >= 4 is 23.2 Å². The number of benzene rings is 3. The van der Waals surface area contributed by atoms with E-state index in [4.69, 9.17) is 16.0 Å². The van der Waals surface area contributed by atoms with Crippen LogP contribution in [0.5, 0.6) is 0 Å². The summed E-state index contributed by atoms with van der Waals surface area (Å²) in [5.41, 5.74) is 2.65. The summed E-state index contributed by atoms with van der Waals surface area (Å²) in [5.74, 6) is 0.786. The minimum Gasteiger partial charge on any atom is -0.436 e. The first-order chi connectivity index (χ1) is 13.2. The number of nitrogens with one attached hydrogen (secondary N) is 1. The molecule has 132 valence electrons. The highest BCUT2D eigenvalue weighted by Gasteiger charge is 2.17. The molecule has 0 radical (unpaired) electrons. The maximum atomic E-state index is 12.8. The van der Waals surface area contributed by atoms with Crippen molar-refractivity contribution in [3.8, 4) is 22.8 Å². The Morgan fingerprint density at radius 2 is 1.70 bits per heavy atom. The fourth-order valence-corrected chi connectivity index (χ4v) is 2.96. The van der Waals surface area contributed by atoms with Crippen molar-refractivity contribution < 1.29 is 9.21 Å². The summed E-state index contributed by atoms with van der Waals surface area (Å²) in [7, 11) is 0. The molecule has 0 bridgehead atoms. The van der Waals surface area contributed by atoms with Crippen LogP contribution < -0.4 is 5.32 Å². The molecule has 0 unspecified atom stereocenters. The van der Waals surface area contributed by atoms with E-state index < -0.39 is 0 Å². The van der Waals surface area contributed by atoms with Crippen LogP contribution in [0.3, 0.4) is 0 Å². The van der Waals surface area contributed by atoms with Crippen molar-refractivity contribution in [3.05, 3.63) is 95.6 Å². The molecule has 4 nitrogen and oxygen atoms in total. The maximum Gasteiger partial charge on any atom is 0.256 e. The monoisotopic (exact) mass is 374 g/mol. The van der Waals surface area contributed by atoms with E-state index in [1.807, 2.05) is 42.5 Å². The Bertz CT molecular complexity index is 1090. The van der Waals surface area contributed by atoms with Crippen molar-refractivity contribution in [2.45, 2.75) is 0 Å². The number of hydrogen-bond acceptors (Lipinski definition) is 3. The van der Waals surface area contributed by atoms with Crippen LogP contribution in [0.15, 0.2) is 89.5 Å². The lowest BCUT2D eigenvalue weighted by Crippen LogP contribution is -2.13. The fraction of sp³-hybridized carbons (Fsp3) is 0.